The van der Waals surface area contributed by atoms with Crippen LogP contribution in [0.4, 0.5) is 0 Å². The van der Waals surface area contributed by atoms with E-state index in [1.165, 1.54) is 5.56 Å². The molecule has 1 saturated heterocycles. The molecule has 1 saturated carbocycles. The number of aromatic nitrogens is 3. The molecule has 6 heteroatoms. The Balaban J connectivity index is 1.53. The maximum atomic E-state index is 9.58. The molecule has 2 fully saturated rings. The van der Waals surface area contributed by atoms with Gasteiger partial charge in [-0.15, -0.1) is 0 Å². The molecule has 0 bridgehead atoms. The Bertz CT molecular complexity index is 765. The van der Waals surface area contributed by atoms with Crippen molar-refractivity contribution in [1.82, 2.24) is 19.2 Å². The molecule has 1 aromatic carbocycles. The molecule has 5 nitrogen and oxygen atoms in total. The summed E-state index contributed by atoms with van der Waals surface area (Å²) in [6, 6.07) is 11.7. The van der Waals surface area contributed by atoms with Gasteiger partial charge in [-0.05, 0) is 44.0 Å². The van der Waals surface area contributed by atoms with E-state index >= 15 is 0 Å². The normalized spacial score (nSPS) is 24.6. The second-order valence-corrected chi connectivity index (χ2v) is 7.32. The molecule has 128 valence electrons. The number of aliphatic hydroxyl groups is 1. The maximum absolute atomic E-state index is 9.58. The average molecular weight is 344 g/mol. The molecule has 1 aliphatic carbocycles. The molecule has 4 rings (SSSR count). The van der Waals surface area contributed by atoms with Crippen LogP contribution in [-0.4, -0.2) is 36.9 Å². The Kier molecular flexibility index (Phi) is 4.28. The van der Waals surface area contributed by atoms with Gasteiger partial charge in [-0.3, -0.25) is 9.47 Å². The Hall–Kier alpha value is -1.50. The second-order valence-electron chi connectivity index (χ2n) is 6.96. The zero-order valence-electron chi connectivity index (χ0n) is 14.0. The molecule has 1 N–H and O–H groups in total. The third kappa shape index (κ3) is 2.83. The first kappa shape index (κ1) is 16.0. The minimum Gasteiger partial charge on any atom is -0.388 e. The summed E-state index contributed by atoms with van der Waals surface area (Å²) in [5.74, 6) is 1.26. The van der Waals surface area contributed by atoms with E-state index in [0.29, 0.717) is 30.5 Å². The number of hydrogen-bond donors (Lipinski definition) is 1. The van der Waals surface area contributed by atoms with E-state index in [0.717, 1.165) is 30.6 Å². The molecule has 2 aromatic rings. The summed E-state index contributed by atoms with van der Waals surface area (Å²) in [5.41, 5.74) is 1.41. The van der Waals surface area contributed by atoms with Gasteiger partial charge in [-0.2, -0.15) is 5.10 Å². The molecule has 0 spiro atoms. The van der Waals surface area contributed by atoms with Crippen molar-refractivity contribution in [2.75, 3.05) is 6.54 Å². The molecular weight excluding hydrogens is 320 g/mol. The first-order valence-electron chi connectivity index (χ1n) is 8.77. The van der Waals surface area contributed by atoms with Gasteiger partial charge in [0.15, 0.2) is 10.6 Å². The summed E-state index contributed by atoms with van der Waals surface area (Å²) in [5, 5.41) is 14.1. The zero-order chi connectivity index (χ0) is 16.7. The van der Waals surface area contributed by atoms with E-state index in [9.17, 15) is 5.11 Å². The van der Waals surface area contributed by atoms with E-state index in [1.807, 2.05) is 9.25 Å². The Morgan fingerprint density at radius 2 is 1.96 bits per heavy atom. The zero-order valence-corrected chi connectivity index (χ0v) is 14.8. The first-order chi connectivity index (χ1) is 11.7. The topological polar surface area (TPSA) is 46.2 Å². The number of benzene rings is 1. The molecule has 2 unspecified atom stereocenters. The standard InChI is InChI=1S/C18H24N4OS/c1-13-16(14-5-3-2-4-6-14)9-10-20(13)12-21-18(24)22(15-7-8-15)17(11-23)19-21/h2-6,13,15-16,23H,7-12H2,1H3. The lowest BCUT2D eigenvalue weighted by atomic mass is 9.93. The van der Waals surface area contributed by atoms with Crippen LogP contribution in [0.3, 0.4) is 0 Å². The molecule has 0 amide bonds. The number of aliphatic hydroxyl groups excluding tert-OH is 1. The van der Waals surface area contributed by atoms with Gasteiger partial charge >= 0.3 is 0 Å². The molecule has 2 heterocycles. The van der Waals surface area contributed by atoms with Crippen LogP contribution in [-0.2, 0) is 13.3 Å². The van der Waals surface area contributed by atoms with Crippen LogP contribution in [0, 0.1) is 4.77 Å². The molecular formula is C18H24N4OS. The van der Waals surface area contributed by atoms with E-state index in [1.54, 1.807) is 0 Å². The molecule has 0 radical (unpaired) electrons. The van der Waals surface area contributed by atoms with Crippen molar-refractivity contribution in [3.8, 4) is 0 Å². The van der Waals surface area contributed by atoms with Crippen LogP contribution < -0.4 is 0 Å². The van der Waals surface area contributed by atoms with Crippen LogP contribution in [0.25, 0.3) is 0 Å². The summed E-state index contributed by atoms with van der Waals surface area (Å²) in [7, 11) is 0. The number of nitrogens with zero attached hydrogens (tertiary/aromatic N) is 4. The predicted octanol–water partition coefficient (Wildman–Crippen LogP) is 3.08. The van der Waals surface area contributed by atoms with Crippen LogP contribution >= 0.6 is 12.2 Å². The van der Waals surface area contributed by atoms with E-state index in [-0.39, 0.29) is 6.61 Å². The van der Waals surface area contributed by atoms with Gasteiger partial charge in [0.05, 0.1) is 6.67 Å². The van der Waals surface area contributed by atoms with Crippen molar-refractivity contribution >= 4 is 12.2 Å². The lowest BCUT2D eigenvalue weighted by Gasteiger charge is -2.24. The Morgan fingerprint density at radius 3 is 2.62 bits per heavy atom. The van der Waals surface area contributed by atoms with Gasteiger partial charge in [0, 0.05) is 24.5 Å². The summed E-state index contributed by atoms with van der Waals surface area (Å²) in [6.45, 7) is 4.00. The summed E-state index contributed by atoms with van der Waals surface area (Å²) in [6.07, 6.45) is 3.45. The third-order valence-corrected chi connectivity index (χ3v) is 5.83. The molecule has 1 aliphatic heterocycles. The van der Waals surface area contributed by atoms with Crippen molar-refractivity contribution < 1.29 is 5.11 Å². The van der Waals surface area contributed by atoms with E-state index in [2.05, 4.69) is 47.3 Å². The molecule has 2 aliphatic rings. The summed E-state index contributed by atoms with van der Waals surface area (Å²) in [4.78, 5) is 2.44. The molecule has 2 atom stereocenters. The van der Waals surface area contributed by atoms with E-state index < -0.39 is 0 Å². The fourth-order valence-electron chi connectivity index (χ4n) is 3.89. The minimum atomic E-state index is -0.0463. The highest BCUT2D eigenvalue weighted by molar-refractivity contribution is 7.71. The maximum Gasteiger partial charge on any atom is 0.199 e. The highest BCUT2D eigenvalue weighted by Crippen LogP contribution is 2.37. The number of hydrogen-bond acceptors (Lipinski definition) is 4. The quantitative estimate of drug-likeness (QED) is 0.847. The highest BCUT2D eigenvalue weighted by Gasteiger charge is 2.33. The van der Waals surface area contributed by atoms with Gasteiger partial charge in [0.2, 0.25) is 0 Å². The first-order valence-corrected chi connectivity index (χ1v) is 9.18. The largest absolute Gasteiger partial charge is 0.388 e. The lowest BCUT2D eigenvalue weighted by molar-refractivity contribution is 0.191. The Morgan fingerprint density at radius 1 is 1.21 bits per heavy atom. The second kappa shape index (κ2) is 6.43. The fourth-order valence-corrected chi connectivity index (χ4v) is 4.24. The monoisotopic (exact) mass is 344 g/mol. The van der Waals surface area contributed by atoms with Gasteiger partial charge < -0.3 is 5.11 Å². The van der Waals surface area contributed by atoms with Crippen molar-refractivity contribution in [2.24, 2.45) is 0 Å². The average Bonchev–Trinajstić information content (AvgIpc) is 3.31. The highest BCUT2D eigenvalue weighted by atomic mass is 32.1. The van der Waals surface area contributed by atoms with Gasteiger partial charge in [-0.1, -0.05) is 30.3 Å². The van der Waals surface area contributed by atoms with Gasteiger partial charge in [0.1, 0.15) is 6.61 Å². The van der Waals surface area contributed by atoms with Gasteiger partial charge in [0.25, 0.3) is 0 Å². The smallest absolute Gasteiger partial charge is 0.199 e. The predicted molar refractivity (Wildman–Crippen MR) is 95.2 cm³/mol. The van der Waals surface area contributed by atoms with Crippen LogP contribution in [0.1, 0.15) is 49.5 Å². The van der Waals surface area contributed by atoms with Crippen LogP contribution in [0.5, 0.6) is 0 Å². The summed E-state index contributed by atoms with van der Waals surface area (Å²) < 4.78 is 4.69. The molecule has 1 aromatic heterocycles. The molecule has 24 heavy (non-hydrogen) atoms. The summed E-state index contributed by atoms with van der Waals surface area (Å²) >= 11 is 5.62. The number of likely N-dealkylation sites (tertiary alicyclic amines) is 1. The third-order valence-electron chi connectivity index (χ3n) is 5.42. The van der Waals surface area contributed by atoms with Crippen molar-refractivity contribution in [2.45, 2.75) is 57.5 Å². The van der Waals surface area contributed by atoms with Crippen molar-refractivity contribution in [3.05, 3.63) is 46.5 Å². The van der Waals surface area contributed by atoms with Crippen molar-refractivity contribution in [3.63, 3.8) is 0 Å². The SMILES string of the molecule is CC1C(c2ccccc2)CCN1Cn1nc(CO)n(C2CC2)c1=S. The number of rotatable bonds is 5. The van der Waals surface area contributed by atoms with E-state index in [4.69, 9.17) is 12.2 Å². The fraction of sp³-hybridized carbons (Fsp3) is 0.556. The lowest BCUT2D eigenvalue weighted by Crippen LogP contribution is -2.32. The Labute approximate surface area is 147 Å². The van der Waals surface area contributed by atoms with Crippen LogP contribution in [0.2, 0.25) is 0 Å². The van der Waals surface area contributed by atoms with Crippen LogP contribution in [0.15, 0.2) is 30.3 Å². The van der Waals surface area contributed by atoms with Gasteiger partial charge in [-0.25, -0.2) is 4.68 Å². The minimum absolute atomic E-state index is 0.0463. The van der Waals surface area contributed by atoms with Crippen molar-refractivity contribution in [1.29, 1.82) is 0 Å².